The summed E-state index contributed by atoms with van der Waals surface area (Å²) in [6.07, 6.45) is 6.53. The number of aromatic nitrogens is 3. The van der Waals surface area contributed by atoms with Gasteiger partial charge in [0.2, 0.25) is 0 Å². The quantitative estimate of drug-likeness (QED) is 0.880. The SMILES string of the molecule is Cc1cc2c(NC3(C(=O)O)CCCC3)nccn2n1. The third-order valence-corrected chi connectivity index (χ3v) is 3.74. The van der Waals surface area contributed by atoms with Crippen molar-refractivity contribution in [3.63, 3.8) is 0 Å². The highest BCUT2D eigenvalue weighted by molar-refractivity contribution is 5.85. The molecule has 1 fully saturated rings. The molecule has 1 aliphatic rings. The second kappa shape index (κ2) is 4.22. The van der Waals surface area contributed by atoms with Gasteiger partial charge in [0.15, 0.2) is 5.82 Å². The number of hydrogen-bond donors (Lipinski definition) is 2. The summed E-state index contributed by atoms with van der Waals surface area (Å²) in [7, 11) is 0. The topological polar surface area (TPSA) is 79.5 Å². The van der Waals surface area contributed by atoms with Gasteiger partial charge in [-0.25, -0.2) is 14.3 Å². The summed E-state index contributed by atoms with van der Waals surface area (Å²) < 4.78 is 1.72. The van der Waals surface area contributed by atoms with Crippen molar-refractivity contribution < 1.29 is 9.90 Å². The van der Waals surface area contributed by atoms with E-state index in [2.05, 4.69) is 15.4 Å². The molecular weight excluding hydrogens is 244 g/mol. The Morgan fingerprint density at radius 3 is 2.89 bits per heavy atom. The predicted molar refractivity (Wildman–Crippen MR) is 70.2 cm³/mol. The highest BCUT2D eigenvalue weighted by Crippen LogP contribution is 2.34. The Balaban J connectivity index is 2.02. The average molecular weight is 260 g/mol. The molecule has 2 heterocycles. The number of carboxylic acid groups (broad SMARTS) is 1. The van der Waals surface area contributed by atoms with Crippen molar-refractivity contribution in [3.05, 3.63) is 24.2 Å². The van der Waals surface area contributed by atoms with E-state index < -0.39 is 11.5 Å². The van der Waals surface area contributed by atoms with Gasteiger partial charge in [-0.2, -0.15) is 5.10 Å². The number of fused-ring (bicyclic) bond motifs is 1. The fourth-order valence-corrected chi connectivity index (χ4v) is 2.74. The van der Waals surface area contributed by atoms with E-state index in [4.69, 9.17) is 0 Å². The van der Waals surface area contributed by atoms with E-state index in [-0.39, 0.29) is 0 Å². The van der Waals surface area contributed by atoms with Crippen molar-refractivity contribution in [2.75, 3.05) is 5.32 Å². The lowest BCUT2D eigenvalue weighted by Gasteiger charge is -2.26. The lowest BCUT2D eigenvalue weighted by Crippen LogP contribution is -2.44. The lowest BCUT2D eigenvalue weighted by atomic mass is 9.98. The zero-order valence-electron chi connectivity index (χ0n) is 10.8. The number of aryl methyl sites for hydroxylation is 1. The van der Waals surface area contributed by atoms with Crippen LogP contribution in [0.4, 0.5) is 5.82 Å². The van der Waals surface area contributed by atoms with E-state index in [1.54, 1.807) is 16.9 Å². The molecular formula is C13H16N4O2. The Morgan fingerprint density at radius 1 is 1.47 bits per heavy atom. The Bertz CT molecular complexity index is 629. The van der Waals surface area contributed by atoms with Gasteiger partial charge in [0, 0.05) is 12.4 Å². The molecule has 1 aliphatic carbocycles. The van der Waals surface area contributed by atoms with Crippen LogP contribution in [0.25, 0.3) is 5.52 Å². The number of aliphatic carboxylic acids is 1. The van der Waals surface area contributed by atoms with Crippen molar-refractivity contribution in [1.29, 1.82) is 0 Å². The Hall–Kier alpha value is -2.11. The second-order valence-electron chi connectivity index (χ2n) is 5.11. The minimum Gasteiger partial charge on any atom is -0.480 e. The van der Waals surface area contributed by atoms with E-state index in [0.29, 0.717) is 18.7 Å². The summed E-state index contributed by atoms with van der Waals surface area (Å²) in [6.45, 7) is 1.90. The fraction of sp³-hybridized carbons (Fsp3) is 0.462. The second-order valence-corrected chi connectivity index (χ2v) is 5.11. The highest BCUT2D eigenvalue weighted by atomic mass is 16.4. The average Bonchev–Trinajstić information content (AvgIpc) is 2.96. The van der Waals surface area contributed by atoms with Crippen LogP contribution in [0.3, 0.4) is 0 Å². The Morgan fingerprint density at radius 2 is 2.21 bits per heavy atom. The van der Waals surface area contributed by atoms with Gasteiger partial charge in [-0.1, -0.05) is 12.8 Å². The molecule has 0 unspecified atom stereocenters. The molecule has 0 bridgehead atoms. The number of carbonyl (C=O) groups is 1. The van der Waals surface area contributed by atoms with Crippen LogP contribution in [-0.4, -0.2) is 31.2 Å². The first kappa shape index (κ1) is 12.0. The Kier molecular flexibility index (Phi) is 2.66. The highest BCUT2D eigenvalue weighted by Gasteiger charge is 2.41. The fourth-order valence-electron chi connectivity index (χ4n) is 2.74. The third kappa shape index (κ3) is 1.93. The smallest absolute Gasteiger partial charge is 0.329 e. The monoisotopic (exact) mass is 260 g/mol. The molecule has 0 radical (unpaired) electrons. The van der Waals surface area contributed by atoms with Gasteiger partial charge in [0.05, 0.1) is 5.69 Å². The first-order chi connectivity index (χ1) is 9.11. The van der Waals surface area contributed by atoms with Crippen molar-refractivity contribution in [3.8, 4) is 0 Å². The first-order valence-corrected chi connectivity index (χ1v) is 6.43. The van der Waals surface area contributed by atoms with E-state index in [1.165, 1.54) is 0 Å². The van der Waals surface area contributed by atoms with Gasteiger partial charge >= 0.3 is 5.97 Å². The summed E-state index contributed by atoms with van der Waals surface area (Å²) in [5.74, 6) is -0.211. The van der Waals surface area contributed by atoms with Crippen LogP contribution < -0.4 is 5.32 Å². The maximum atomic E-state index is 11.6. The molecule has 0 aliphatic heterocycles. The summed E-state index contributed by atoms with van der Waals surface area (Å²) >= 11 is 0. The van der Waals surface area contributed by atoms with Crippen LogP contribution in [0.5, 0.6) is 0 Å². The van der Waals surface area contributed by atoms with Crippen LogP contribution in [0.15, 0.2) is 18.5 Å². The molecule has 3 rings (SSSR count). The minimum atomic E-state index is -0.882. The van der Waals surface area contributed by atoms with Crippen molar-refractivity contribution in [2.24, 2.45) is 0 Å². The molecule has 2 N–H and O–H groups in total. The zero-order valence-corrected chi connectivity index (χ0v) is 10.8. The van der Waals surface area contributed by atoms with Gasteiger partial charge in [-0.15, -0.1) is 0 Å². The molecule has 19 heavy (non-hydrogen) atoms. The standard InChI is InChI=1S/C13H16N4O2/c1-9-8-10-11(14-6-7-17(10)16-9)15-13(12(18)19)4-2-3-5-13/h6-8H,2-5H2,1H3,(H,14,15)(H,18,19). The maximum Gasteiger partial charge on any atom is 0.329 e. The maximum absolute atomic E-state index is 11.6. The van der Waals surface area contributed by atoms with Crippen molar-refractivity contribution in [2.45, 2.75) is 38.1 Å². The van der Waals surface area contributed by atoms with E-state index >= 15 is 0 Å². The summed E-state index contributed by atoms with van der Waals surface area (Å²) in [5, 5.41) is 16.9. The summed E-state index contributed by atoms with van der Waals surface area (Å²) in [4.78, 5) is 15.8. The van der Waals surface area contributed by atoms with Crippen LogP contribution in [0.1, 0.15) is 31.4 Å². The Labute approximate surface area is 110 Å². The molecule has 100 valence electrons. The number of hydrogen-bond acceptors (Lipinski definition) is 4. The van der Waals surface area contributed by atoms with Gasteiger partial charge in [0.1, 0.15) is 11.1 Å². The normalized spacial score (nSPS) is 17.7. The number of anilines is 1. The lowest BCUT2D eigenvalue weighted by molar-refractivity contribution is -0.142. The van der Waals surface area contributed by atoms with Gasteiger partial charge in [0.25, 0.3) is 0 Å². The molecule has 0 atom stereocenters. The van der Waals surface area contributed by atoms with Gasteiger partial charge in [-0.05, 0) is 25.8 Å². The molecule has 6 nitrogen and oxygen atoms in total. The minimum absolute atomic E-state index is 0.590. The van der Waals surface area contributed by atoms with Crippen LogP contribution in [0, 0.1) is 6.92 Å². The van der Waals surface area contributed by atoms with E-state index in [9.17, 15) is 9.90 Å². The molecule has 0 amide bonds. The van der Waals surface area contributed by atoms with Gasteiger partial charge in [-0.3, -0.25) is 0 Å². The van der Waals surface area contributed by atoms with Crippen molar-refractivity contribution >= 4 is 17.3 Å². The summed E-state index contributed by atoms with van der Waals surface area (Å²) in [5.41, 5.74) is 0.812. The molecule has 0 saturated heterocycles. The molecule has 6 heteroatoms. The molecule has 1 saturated carbocycles. The third-order valence-electron chi connectivity index (χ3n) is 3.74. The number of rotatable bonds is 3. The number of nitrogens with one attached hydrogen (secondary N) is 1. The van der Waals surface area contributed by atoms with E-state index in [1.807, 2.05) is 13.0 Å². The van der Waals surface area contributed by atoms with E-state index in [0.717, 1.165) is 24.1 Å². The largest absolute Gasteiger partial charge is 0.480 e. The summed E-state index contributed by atoms with van der Waals surface area (Å²) in [6, 6.07) is 1.90. The zero-order chi connectivity index (χ0) is 13.5. The molecule has 0 spiro atoms. The molecule has 0 aromatic carbocycles. The van der Waals surface area contributed by atoms with Crippen LogP contribution in [-0.2, 0) is 4.79 Å². The molecule has 2 aromatic rings. The number of nitrogens with zero attached hydrogens (tertiary/aromatic N) is 3. The van der Waals surface area contributed by atoms with Crippen LogP contribution in [0.2, 0.25) is 0 Å². The predicted octanol–water partition coefficient (Wildman–Crippen LogP) is 1.85. The first-order valence-electron chi connectivity index (χ1n) is 6.43. The van der Waals surface area contributed by atoms with Crippen molar-refractivity contribution in [1.82, 2.24) is 14.6 Å². The van der Waals surface area contributed by atoms with Gasteiger partial charge < -0.3 is 10.4 Å². The molecule has 2 aromatic heterocycles. The number of carboxylic acids is 1. The van der Waals surface area contributed by atoms with Crippen LogP contribution >= 0.6 is 0 Å².